The molecule has 2 heterocycles. The predicted molar refractivity (Wildman–Crippen MR) is 48.9 cm³/mol. The molecule has 1 aromatic heterocycles. The minimum absolute atomic E-state index is 0.212. The highest BCUT2D eigenvalue weighted by atomic mass is 35.5. The standard InChI is InChI=1S/C7H7Cl2N3/c8-5-4-6(11-7(9)10-5)12-2-1-3-12/h4H,1-3H2. The normalized spacial score (nSPS) is 16.0. The molecule has 64 valence electrons. The van der Waals surface area contributed by atoms with Crippen molar-refractivity contribution in [3.63, 3.8) is 0 Å². The highest BCUT2D eigenvalue weighted by molar-refractivity contribution is 6.32. The zero-order valence-corrected chi connectivity index (χ0v) is 7.81. The summed E-state index contributed by atoms with van der Waals surface area (Å²) in [5.41, 5.74) is 0. The van der Waals surface area contributed by atoms with Crippen LogP contribution in [0.2, 0.25) is 10.4 Å². The summed E-state index contributed by atoms with van der Waals surface area (Å²) in [7, 11) is 0. The van der Waals surface area contributed by atoms with Crippen LogP contribution < -0.4 is 4.90 Å². The number of halogens is 2. The van der Waals surface area contributed by atoms with E-state index in [1.165, 1.54) is 6.42 Å². The van der Waals surface area contributed by atoms with Gasteiger partial charge in [-0.05, 0) is 18.0 Å². The van der Waals surface area contributed by atoms with Crippen molar-refractivity contribution in [2.75, 3.05) is 18.0 Å². The van der Waals surface area contributed by atoms with E-state index < -0.39 is 0 Å². The van der Waals surface area contributed by atoms with Crippen molar-refractivity contribution in [3.05, 3.63) is 16.5 Å². The highest BCUT2D eigenvalue weighted by Gasteiger charge is 2.16. The van der Waals surface area contributed by atoms with Gasteiger partial charge in [-0.25, -0.2) is 9.97 Å². The number of aromatic nitrogens is 2. The van der Waals surface area contributed by atoms with Crippen molar-refractivity contribution >= 4 is 29.0 Å². The molecular weight excluding hydrogens is 197 g/mol. The molecule has 0 aliphatic carbocycles. The SMILES string of the molecule is Clc1cc(N2CCC2)nc(Cl)n1. The maximum absolute atomic E-state index is 5.71. The van der Waals surface area contributed by atoms with Crippen LogP contribution in [0.3, 0.4) is 0 Å². The van der Waals surface area contributed by atoms with Crippen molar-refractivity contribution in [1.29, 1.82) is 0 Å². The maximum atomic E-state index is 5.71. The van der Waals surface area contributed by atoms with E-state index in [-0.39, 0.29) is 5.28 Å². The smallest absolute Gasteiger partial charge is 0.225 e. The van der Waals surface area contributed by atoms with Crippen LogP contribution in [0.5, 0.6) is 0 Å². The number of rotatable bonds is 1. The maximum Gasteiger partial charge on any atom is 0.225 e. The van der Waals surface area contributed by atoms with E-state index in [0.717, 1.165) is 18.9 Å². The first-order valence-electron chi connectivity index (χ1n) is 3.71. The van der Waals surface area contributed by atoms with E-state index in [1.807, 2.05) is 0 Å². The Morgan fingerprint density at radius 2 is 2.00 bits per heavy atom. The van der Waals surface area contributed by atoms with Crippen molar-refractivity contribution in [3.8, 4) is 0 Å². The van der Waals surface area contributed by atoms with Crippen LogP contribution in [0.1, 0.15) is 6.42 Å². The van der Waals surface area contributed by atoms with Gasteiger partial charge < -0.3 is 4.90 Å². The van der Waals surface area contributed by atoms with Crippen LogP contribution >= 0.6 is 23.2 Å². The Bertz CT molecular complexity index is 278. The van der Waals surface area contributed by atoms with Crippen LogP contribution in [-0.2, 0) is 0 Å². The molecule has 1 aliphatic heterocycles. The summed E-state index contributed by atoms with van der Waals surface area (Å²) in [5.74, 6) is 0.825. The zero-order valence-electron chi connectivity index (χ0n) is 6.30. The van der Waals surface area contributed by atoms with Gasteiger partial charge in [0.15, 0.2) is 0 Å². The Labute approximate surface area is 80.3 Å². The van der Waals surface area contributed by atoms with Gasteiger partial charge in [-0.2, -0.15) is 0 Å². The van der Waals surface area contributed by atoms with Crippen LogP contribution in [-0.4, -0.2) is 23.1 Å². The molecule has 1 fully saturated rings. The fourth-order valence-electron chi connectivity index (χ4n) is 1.09. The van der Waals surface area contributed by atoms with Gasteiger partial charge in [-0.3, -0.25) is 0 Å². The molecule has 0 spiro atoms. The van der Waals surface area contributed by atoms with Gasteiger partial charge in [-0.15, -0.1) is 0 Å². The lowest BCUT2D eigenvalue weighted by Crippen LogP contribution is -2.37. The van der Waals surface area contributed by atoms with Gasteiger partial charge in [0.2, 0.25) is 5.28 Å². The second-order valence-electron chi connectivity index (χ2n) is 2.66. The summed E-state index contributed by atoms with van der Waals surface area (Å²) in [6.45, 7) is 2.06. The molecular formula is C7H7Cl2N3. The molecule has 1 aliphatic rings. The third kappa shape index (κ3) is 1.47. The van der Waals surface area contributed by atoms with Crippen molar-refractivity contribution < 1.29 is 0 Å². The molecule has 12 heavy (non-hydrogen) atoms. The molecule has 3 nitrogen and oxygen atoms in total. The Morgan fingerprint density at radius 1 is 1.25 bits per heavy atom. The number of nitrogens with zero attached hydrogens (tertiary/aromatic N) is 3. The van der Waals surface area contributed by atoms with E-state index in [0.29, 0.717) is 5.15 Å². The lowest BCUT2D eigenvalue weighted by molar-refractivity contribution is 0.609. The predicted octanol–water partition coefficient (Wildman–Crippen LogP) is 1.99. The van der Waals surface area contributed by atoms with E-state index >= 15 is 0 Å². The summed E-state index contributed by atoms with van der Waals surface area (Å²) < 4.78 is 0. The Kier molecular flexibility index (Phi) is 2.07. The van der Waals surface area contributed by atoms with Gasteiger partial charge in [0, 0.05) is 19.2 Å². The molecule has 5 heteroatoms. The monoisotopic (exact) mass is 203 g/mol. The molecule has 0 aromatic carbocycles. The lowest BCUT2D eigenvalue weighted by atomic mass is 10.2. The largest absolute Gasteiger partial charge is 0.356 e. The van der Waals surface area contributed by atoms with Gasteiger partial charge in [0.1, 0.15) is 11.0 Å². The molecule has 1 saturated heterocycles. The third-order valence-electron chi connectivity index (χ3n) is 1.83. The van der Waals surface area contributed by atoms with Gasteiger partial charge in [0.25, 0.3) is 0 Å². The minimum atomic E-state index is 0.212. The molecule has 0 unspecified atom stereocenters. The second kappa shape index (κ2) is 3.07. The van der Waals surface area contributed by atoms with Gasteiger partial charge in [-0.1, -0.05) is 11.6 Å². The molecule has 1 aromatic rings. The van der Waals surface area contributed by atoms with E-state index in [4.69, 9.17) is 23.2 Å². The highest BCUT2D eigenvalue weighted by Crippen LogP contribution is 2.21. The molecule has 0 atom stereocenters. The van der Waals surface area contributed by atoms with Crippen molar-refractivity contribution in [2.24, 2.45) is 0 Å². The second-order valence-corrected chi connectivity index (χ2v) is 3.38. The fraction of sp³-hybridized carbons (Fsp3) is 0.429. The average molecular weight is 204 g/mol. The number of anilines is 1. The summed E-state index contributed by atoms with van der Waals surface area (Å²) in [6, 6.07) is 1.73. The summed E-state index contributed by atoms with van der Waals surface area (Å²) in [6.07, 6.45) is 1.21. The zero-order chi connectivity index (χ0) is 8.55. The number of hydrogen-bond donors (Lipinski definition) is 0. The summed E-state index contributed by atoms with van der Waals surface area (Å²) in [4.78, 5) is 9.93. The minimum Gasteiger partial charge on any atom is -0.356 e. The lowest BCUT2D eigenvalue weighted by Gasteiger charge is -2.31. The van der Waals surface area contributed by atoms with E-state index in [2.05, 4.69) is 14.9 Å². The average Bonchev–Trinajstić information content (AvgIpc) is 1.79. The Balaban J connectivity index is 2.30. The molecule has 0 N–H and O–H groups in total. The number of hydrogen-bond acceptors (Lipinski definition) is 3. The van der Waals surface area contributed by atoms with Crippen LogP contribution in [0.25, 0.3) is 0 Å². The Morgan fingerprint density at radius 3 is 2.50 bits per heavy atom. The Hall–Kier alpha value is -0.540. The van der Waals surface area contributed by atoms with Crippen molar-refractivity contribution in [2.45, 2.75) is 6.42 Å². The first-order valence-corrected chi connectivity index (χ1v) is 4.46. The molecule has 0 saturated carbocycles. The first kappa shape index (κ1) is 8.08. The first-order chi connectivity index (χ1) is 5.75. The van der Waals surface area contributed by atoms with E-state index in [1.54, 1.807) is 6.07 Å². The third-order valence-corrected chi connectivity index (χ3v) is 2.20. The summed E-state index contributed by atoms with van der Waals surface area (Å²) in [5, 5.41) is 0.612. The molecule has 2 rings (SSSR count). The topological polar surface area (TPSA) is 29.0 Å². The molecule has 0 amide bonds. The fourth-order valence-corrected chi connectivity index (χ4v) is 1.48. The van der Waals surface area contributed by atoms with E-state index in [9.17, 15) is 0 Å². The van der Waals surface area contributed by atoms with Crippen LogP contribution in [0, 0.1) is 0 Å². The molecule has 0 bridgehead atoms. The van der Waals surface area contributed by atoms with Crippen LogP contribution in [0.4, 0.5) is 5.82 Å². The van der Waals surface area contributed by atoms with Crippen LogP contribution in [0.15, 0.2) is 6.07 Å². The van der Waals surface area contributed by atoms with Crippen molar-refractivity contribution in [1.82, 2.24) is 9.97 Å². The summed E-state index contributed by atoms with van der Waals surface area (Å²) >= 11 is 11.4. The van der Waals surface area contributed by atoms with Gasteiger partial charge in [0.05, 0.1) is 0 Å². The quantitative estimate of drug-likeness (QED) is 0.517. The molecule has 0 radical (unpaired) electrons. The van der Waals surface area contributed by atoms with Gasteiger partial charge >= 0.3 is 0 Å².